The fourth-order valence-electron chi connectivity index (χ4n) is 1.46. The molecular formula is C13H20N2O2. The van der Waals surface area contributed by atoms with Gasteiger partial charge in [0.25, 0.3) is 0 Å². The molecule has 0 saturated carbocycles. The number of hydrogen-bond acceptors (Lipinski definition) is 3. The summed E-state index contributed by atoms with van der Waals surface area (Å²) in [7, 11) is 0. The average molecular weight is 236 g/mol. The summed E-state index contributed by atoms with van der Waals surface area (Å²) >= 11 is 0. The molecule has 0 fully saturated rings. The first-order valence-electron chi connectivity index (χ1n) is 5.92. The van der Waals surface area contributed by atoms with E-state index in [1.807, 2.05) is 32.0 Å². The highest BCUT2D eigenvalue weighted by Crippen LogP contribution is 2.05. The van der Waals surface area contributed by atoms with Crippen LogP contribution in [0.15, 0.2) is 24.4 Å². The molecule has 4 heteroatoms. The predicted octanol–water partition coefficient (Wildman–Crippen LogP) is 1.00. The average Bonchev–Trinajstić information content (AvgIpc) is 2.35. The van der Waals surface area contributed by atoms with Crippen LogP contribution in [0.3, 0.4) is 0 Å². The molecule has 1 aromatic heterocycles. The summed E-state index contributed by atoms with van der Waals surface area (Å²) in [6.07, 6.45) is 2.41. The molecule has 0 spiro atoms. The molecule has 17 heavy (non-hydrogen) atoms. The minimum Gasteiger partial charge on any atom is -0.396 e. The summed E-state index contributed by atoms with van der Waals surface area (Å²) in [6, 6.07) is 5.70. The van der Waals surface area contributed by atoms with E-state index in [1.165, 1.54) is 0 Å². The molecule has 1 aromatic rings. The molecule has 0 radical (unpaired) electrons. The first kappa shape index (κ1) is 13.6. The second-order valence-corrected chi connectivity index (χ2v) is 4.47. The predicted molar refractivity (Wildman–Crippen MR) is 66.4 cm³/mol. The number of amides is 1. The van der Waals surface area contributed by atoms with Gasteiger partial charge < -0.3 is 10.4 Å². The molecule has 0 aliphatic rings. The van der Waals surface area contributed by atoms with E-state index >= 15 is 0 Å². The number of aromatic nitrogens is 1. The lowest BCUT2D eigenvalue weighted by Gasteiger charge is -2.15. The topological polar surface area (TPSA) is 62.2 Å². The van der Waals surface area contributed by atoms with Crippen LogP contribution in [-0.4, -0.2) is 29.1 Å². The van der Waals surface area contributed by atoms with E-state index in [0.717, 1.165) is 5.69 Å². The van der Waals surface area contributed by atoms with Gasteiger partial charge in [-0.1, -0.05) is 19.9 Å². The van der Waals surface area contributed by atoms with Crippen LogP contribution < -0.4 is 5.32 Å². The lowest BCUT2D eigenvalue weighted by Crippen LogP contribution is -2.34. The van der Waals surface area contributed by atoms with Gasteiger partial charge in [0.1, 0.15) is 0 Å². The van der Waals surface area contributed by atoms with Crippen molar-refractivity contribution in [1.29, 1.82) is 0 Å². The van der Waals surface area contributed by atoms with E-state index < -0.39 is 0 Å². The Balaban J connectivity index is 2.42. The third-order valence-electron chi connectivity index (χ3n) is 2.57. The van der Waals surface area contributed by atoms with E-state index in [0.29, 0.717) is 13.0 Å². The molecule has 0 bridgehead atoms. The van der Waals surface area contributed by atoms with Gasteiger partial charge in [0.15, 0.2) is 0 Å². The highest BCUT2D eigenvalue weighted by atomic mass is 16.3. The summed E-state index contributed by atoms with van der Waals surface area (Å²) < 4.78 is 0. The minimum atomic E-state index is -0.0239. The largest absolute Gasteiger partial charge is 0.396 e. The van der Waals surface area contributed by atoms with Crippen molar-refractivity contribution in [3.8, 4) is 0 Å². The van der Waals surface area contributed by atoms with Gasteiger partial charge in [-0.2, -0.15) is 0 Å². The number of rotatable bonds is 6. The Morgan fingerprint density at radius 2 is 2.24 bits per heavy atom. The van der Waals surface area contributed by atoms with Crippen molar-refractivity contribution in [2.24, 2.45) is 11.8 Å². The Morgan fingerprint density at radius 1 is 1.47 bits per heavy atom. The van der Waals surface area contributed by atoms with Gasteiger partial charge >= 0.3 is 0 Å². The molecular weight excluding hydrogens is 216 g/mol. The van der Waals surface area contributed by atoms with Crippen molar-refractivity contribution < 1.29 is 9.90 Å². The molecule has 4 nitrogen and oxygen atoms in total. The third kappa shape index (κ3) is 4.95. The van der Waals surface area contributed by atoms with Crippen LogP contribution >= 0.6 is 0 Å². The Kier molecular flexibility index (Phi) is 5.63. The minimum absolute atomic E-state index is 0.0180. The smallest absolute Gasteiger partial charge is 0.222 e. The van der Waals surface area contributed by atoms with Crippen molar-refractivity contribution in [3.63, 3.8) is 0 Å². The molecule has 2 N–H and O–H groups in total. The number of aliphatic hydroxyl groups is 1. The van der Waals surface area contributed by atoms with Crippen molar-refractivity contribution in [2.75, 3.05) is 13.2 Å². The van der Waals surface area contributed by atoms with Crippen molar-refractivity contribution in [2.45, 2.75) is 20.3 Å². The molecule has 0 aliphatic carbocycles. The van der Waals surface area contributed by atoms with Crippen LogP contribution in [0.5, 0.6) is 0 Å². The number of hydrogen-bond donors (Lipinski definition) is 2. The van der Waals surface area contributed by atoms with E-state index in [4.69, 9.17) is 0 Å². The first-order valence-corrected chi connectivity index (χ1v) is 5.92. The maximum absolute atomic E-state index is 11.4. The standard InChI is InChI=1S/C13H20N2O2/c1-10(2)13(17)15-8-11(9-16)7-12-5-3-4-6-14-12/h3-6,10-11,16H,7-9H2,1-2H3,(H,15,17). The fraction of sp³-hybridized carbons (Fsp3) is 0.538. The zero-order valence-corrected chi connectivity index (χ0v) is 10.4. The van der Waals surface area contributed by atoms with Crippen LogP contribution in [0.1, 0.15) is 19.5 Å². The van der Waals surface area contributed by atoms with Crippen molar-refractivity contribution >= 4 is 5.91 Å². The normalized spacial score (nSPS) is 12.5. The Morgan fingerprint density at radius 3 is 2.76 bits per heavy atom. The first-order chi connectivity index (χ1) is 8.13. The molecule has 1 unspecified atom stereocenters. The van der Waals surface area contributed by atoms with E-state index in [2.05, 4.69) is 10.3 Å². The maximum Gasteiger partial charge on any atom is 0.222 e. The van der Waals surface area contributed by atoms with Crippen LogP contribution in [-0.2, 0) is 11.2 Å². The summed E-state index contributed by atoms with van der Waals surface area (Å²) in [5.74, 6) is 0.0151. The number of nitrogens with one attached hydrogen (secondary N) is 1. The van der Waals surface area contributed by atoms with Gasteiger partial charge in [0.2, 0.25) is 5.91 Å². The van der Waals surface area contributed by atoms with E-state index in [-0.39, 0.29) is 24.3 Å². The van der Waals surface area contributed by atoms with E-state index in [9.17, 15) is 9.90 Å². The zero-order chi connectivity index (χ0) is 12.7. The summed E-state index contributed by atoms with van der Waals surface area (Å²) in [5, 5.41) is 12.1. The molecule has 0 saturated heterocycles. The Labute approximate surface area is 102 Å². The molecule has 1 amide bonds. The number of carbonyl (C=O) groups excluding carboxylic acids is 1. The summed E-state index contributed by atoms with van der Waals surface area (Å²) in [4.78, 5) is 15.6. The second-order valence-electron chi connectivity index (χ2n) is 4.47. The zero-order valence-electron chi connectivity index (χ0n) is 10.4. The molecule has 0 aliphatic heterocycles. The highest BCUT2D eigenvalue weighted by Gasteiger charge is 2.12. The van der Waals surface area contributed by atoms with Gasteiger partial charge in [-0.3, -0.25) is 9.78 Å². The van der Waals surface area contributed by atoms with Gasteiger partial charge in [0, 0.05) is 36.9 Å². The molecule has 0 aromatic carbocycles. The summed E-state index contributed by atoms with van der Waals surface area (Å²) in [6.45, 7) is 4.24. The summed E-state index contributed by atoms with van der Waals surface area (Å²) in [5.41, 5.74) is 0.936. The Bertz CT molecular complexity index is 339. The fourth-order valence-corrected chi connectivity index (χ4v) is 1.46. The highest BCUT2D eigenvalue weighted by molar-refractivity contribution is 5.77. The van der Waals surface area contributed by atoms with Crippen molar-refractivity contribution in [3.05, 3.63) is 30.1 Å². The Hall–Kier alpha value is -1.42. The SMILES string of the molecule is CC(C)C(=O)NCC(CO)Cc1ccccn1. The van der Waals surface area contributed by atoms with Crippen molar-refractivity contribution in [1.82, 2.24) is 10.3 Å². The van der Waals surface area contributed by atoms with Gasteiger partial charge in [-0.25, -0.2) is 0 Å². The quantitative estimate of drug-likeness (QED) is 0.774. The van der Waals surface area contributed by atoms with Gasteiger partial charge in [-0.15, -0.1) is 0 Å². The number of nitrogens with zero attached hydrogens (tertiary/aromatic N) is 1. The second kappa shape index (κ2) is 7.01. The lowest BCUT2D eigenvalue weighted by molar-refractivity contribution is -0.124. The van der Waals surface area contributed by atoms with Crippen LogP contribution in [0, 0.1) is 11.8 Å². The monoisotopic (exact) mass is 236 g/mol. The molecule has 1 rings (SSSR count). The van der Waals surface area contributed by atoms with Crippen LogP contribution in [0.25, 0.3) is 0 Å². The lowest BCUT2D eigenvalue weighted by atomic mass is 10.0. The van der Waals surface area contributed by atoms with Gasteiger partial charge in [0.05, 0.1) is 0 Å². The van der Waals surface area contributed by atoms with E-state index in [1.54, 1.807) is 6.20 Å². The van der Waals surface area contributed by atoms with Crippen LogP contribution in [0.2, 0.25) is 0 Å². The molecule has 1 atom stereocenters. The van der Waals surface area contributed by atoms with Crippen LogP contribution in [0.4, 0.5) is 0 Å². The van der Waals surface area contributed by atoms with Gasteiger partial charge in [-0.05, 0) is 18.6 Å². The maximum atomic E-state index is 11.4. The number of pyridine rings is 1. The number of carbonyl (C=O) groups is 1. The third-order valence-corrected chi connectivity index (χ3v) is 2.57. The molecule has 1 heterocycles. The number of aliphatic hydroxyl groups excluding tert-OH is 1. The molecule has 94 valence electrons.